The highest BCUT2D eigenvalue weighted by atomic mass is 32.1. The van der Waals surface area contributed by atoms with Gasteiger partial charge in [-0.05, 0) is 55.1 Å². The van der Waals surface area contributed by atoms with Crippen LogP contribution >= 0.6 is 11.3 Å². The highest BCUT2D eigenvalue weighted by Crippen LogP contribution is 2.23. The molecule has 0 bridgehead atoms. The lowest BCUT2D eigenvalue weighted by Crippen LogP contribution is -2.22. The molecule has 0 saturated heterocycles. The maximum atomic E-state index is 5.86. The Kier molecular flexibility index (Phi) is 5.62. The van der Waals surface area contributed by atoms with E-state index in [-0.39, 0.29) is 0 Å². The van der Waals surface area contributed by atoms with Gasteiger partial charge in [-0.15, -0.1) is 11.3 Å². The lowest BCUT2D eigenvalue weighted by atomic mass is 10.1. The van der Waals surface area contributed by atoms with Gasteiger partial charge in [-0.2, -0.15) is 0 Å². The third kappa shape index (κ3) is 4.36. The minimum Gasteiger partial charge on any atom is -0.494 e. The summed E-state index contributed by atoms with van der Waals surface area (Å²) in [5.41, 5.74) is 2.61. The van der Waals surface area contributed by atoms with Crippen molar-refractivity contribution in [2.75, 3.05) is 13.2 Å². The monoisotopic (exact) mass is 289 g/mol. The van der Waals surface area contributed by atoms with Gasteiger partial charge in [0.2, 0.25) is 0 Å². The zero-order valence-electron chi connectivity index (χ0n) is 12.5. The maximum Gasteiger partial charge on any atom is 0.119 e. The molecule has 1 aromatic heterocycles. The average molecular weight is 289 g/mol. The second-order valence-electron chi connectivity index (χ2n) is 5.05. The van der Waals surface area contributed by atoms with Gasteiger partial charge in [0.15, 0.2) is 0 Å². The normalized spacial score (nSPS) is 12.3. The first-order chi connectivity index (χ1) is 9.69. The Labute approximate surface area is 125 Å². The van der Waals surface area contributed by atoms with Crippen molar-refractivity contribution < 1.29 is 4.74 Å². The van der Waals surface area contributed by atoms with Gasteiger partial charge in [0.25, 0.3) is 0 Å². The fraction of sp³-hybridized carbons (Fsp3) is 0.412. The van der Waals surface area contributed by atoms with E-state index in [1.807, 2.05) is 23.5 Å². The molecule has 2 aromatic rings. The fourth-order valence-electron chi connectivity index (χ4n) is 2.28. The Morgan fingerprint density at radius 1 is 1.25 bits per heavy atom. The van der Waals surface area contributed by atoms with Crippen LogP contribution in [0.25, 0.3) is 0 Å². The summed E-state index contributed by atoms with van der Waals surface area (Å²) in [5.74, 6) is 0.960. The van der Waals surface area contributed by atoms with Crippen LogP contribution in [-0.4, -0.2) is 13.2 Å². The topological polar surface area (TPSA) is 21.3 Å². The molecule has 0 saturated carbocycles. The van der Waals surface area contributed by atoms with Gasteiger partial charge >= 0.3 is 0 Å². The first kappa shape index (κ1) is 15.1. The Bertz CT molecular complexity index is 535. The number of thiophene rings is 1. The maximum absolute atomic E-state index is 5.86. The molecule has 0 aliphatic heterocycles. The Hall–Kier alpha value is -1.32. The van der Waals surface area contributed by atoms with Gasteiger partial charge < -0.3 is 10.1 Å². The van der Waals surface area contributed by atoms with Crippen LogP contribution in [-0.2, 0) is 0 Å². The van der Waals surface area contributed by atoms with E-state index in [9.17, 15) is 0 Å². The van der Waals surface area contributed by atoms with E-state index >= 15 is 0 Å². The molecule has 108 valence electrons. The van der Waals surface area contributed by atoms with Crippen molar-refractivity contribution in [2.45, 2.75) is 33.2 Å². The third-order valence-electron chi connectivity index (χ3n) is 3.27. The molecule has 0 aliphatic rings. The van der Waals surface area contributed by atoms with E-state index in [1.165, 1.54) is 16.0 Å². The summed E-state index contributed by atoms with van der Waals surface area (Å²) >= 11 is 1.81. The first-order valence-corrected chi connectivity index (χ1v) is 8.05. The van der Waals surface area contributed by atoms with Crippen LogP contribution < -0.4 is 10.1 Å². The summed E-state index contributed by atoms with van der Waals surface area (Å²) in [7, 11) is 0. The summed E-state index contributed by atoms with van der Waals surface area (Å²) in [5, 5.41) is 5.78. The van der Waals surface area contributed by atoms with Crippen LogP contribution in [0.4, 0.5) is 0 Å². The molecular weight excluding hydrogens is 266 g/mol. The Balaban J connectivity index is 1.89. The molecule has 1 heterocycles. The van der Waals surface area contributed by atoms with Gasteiger partial charge in [-0.25, -0.2) is 0 Å². The molecule has 0 radical (unpaired) electrons. The molecule has 1 N–H and O–H groups in total. The van der Waals surface area contributed by atoms with Crippen LogP contribution in [0.5, 0.6) is 5.75 Å². The Morgan fingerprint density at radius 3 is 2.75 bits per heavy atom. The van der Waals surface area contributed by atoms with Crippen LogP contribution in [0.1, 0.15) is 35.4 Å². The minimum atomic E-state index is 0.384. The van der Waals surface area contributed by atoms with E-state index in [2.05, 4.69) is 49.7 Å². The van der Waals surface area contributed by atoms with Gasteiger partial charge in [0.05, 0.1) is 6.61 Å². The number of nitrogens with one attached hydrogen (secondary N) is 1. The van der Waals surface area contributed by atoms with Crippen molar-refractivity contribution >= 4 is 11.3 Å². The van der Waals surface area contributed by atoms with Crippen LogP contribution in [0.2, 0.25) is 0 Å². The molecule has 3 heteroatoms. The fourth-order valence-corrected chi connectivity index (χ4v) is 3.04. The smallest absolute Gasteiger partial charge is 0.119 e. The molecule has 0 amide bonds. The van der Waals surface area contributed by atoms with Crippen LogP contribution in [0.15, 0.2) is 35.7 Å². The predicted molar refractivity (Wildman–Crippen MR) is 86.8 cm³/mol. The highest BCUT2D eigenvalue weighted by Gasteiger charge is 2.11. The molecule has 2 nitrogen and oxygen atoms in total. The molecule has 1 unspecified atom stereocenters. The van der Waals surface area contributed by atoms with Crippen molar-refractivity contribution in [2.24, 2.45) is 0 Å². The van der Waals surface area contributed by atoms with Crippen LogP contribution in [0, 0.1) is 13.8 Å². The summed E-state index contributed by atoms with van der Waals surface area (Å²) < 4.78 is 5.86. The number of benzene rings is 1. The molecule has 20 heavy (non-hydrogen) atoms. The van der Waals surface area contributed by atoms with Gasteiger partial charge in [-0.1, -0.05) is 19.1 Å². The molecule has 1 aromatic carbocycles. The zero-order chi connectivity index (χ0) is 14.4. The summed E-state index contributed by atoms with van der Waals surface area (Å²) in [4.78, 5) is 1.36. The average Bonchev–Trinajstić information content (AvgIpc) is 2.84. The van der Waals surface area contributed by atoms with Crippen molar-refractivity contribution in [3.63, 3.8) is 0 Å². The number of hydrogen-bond acceptors (Lipinski definition) is 3. The van der Waals surface area contributed by atoms with E-state index in [0.717, 1.165) is 25.3 Å². The molecule has 0 aliphatic carbocycles. The molecular formula is C17H23NOS. The summed E-state index contributed by atoms with van der Waals surface area (Å²) in [6.07, 6.45) is 0.984. The number of ether oxygens (including phenoxy) is 1. The van der Waals surface area contributed by atoms with Crippen molar-refractivity contribution in [1.82, 2.24) is 5.32 Å². The van der Waals surface area contributed by atoms with Gasteiger partial charge in [0, 0.05) is 17.3 Å². The zero-order valence-corrected chi connectivity index (χ0v) is 13.3. The van der Waals surface area contributed by atoms with Crippen molar-refractivity contribution in [1.29, 1.82) is 0 Å². The SMILES string of the molecule is CCNC(CCOc1cccc(C)c1)c1csc(C)c1. The lowest BCUT2D eigenvalue weighted by molar-refractivity contribution is 0.287. The molecule has 0 spiro atoms. The largest absolute Gasteiger partial charge is 0.494 e. The Morgan fingerprint density at radius 2 is 2.10 bits per heavy atom. The minimum absolute atomic E-state index is 0.384. The molecule has 0 fully saturated rings. The summed E-state index contributed by atoms with van der Waals surface area (Å²) in [6, 6.07) is 10.9. The third-order valence-corrected chi connectivity index (χ3v) is 4.15. The standard InChI is InChI=1S/C17H23NOS/c1-4-18-17(15-11-14(3)20-12-15)8-9-19-16-7-5-6-13(2)10-16/h5-7,10-12,17-18H,4,8-9H2,1-3H3. The predicted octanol–water partition coefficient (Wildman–Crippen LogP) is 4.48. The number of hydrogen-bond donors (Lipinski definition) is 1. The van der Waals surface area contributed by atoms with E-state index < -0.39 is 0 Å². The quantitative estimate of drug-likeness (QED) is 0.811. The first-order valence-electron chi connectivity index (χ1n) is 7.17. The highest BCUT2D eigenvalue weighted by molar-refractivity contribution is 7.10. The van der Waals surface area contributed by atoms with Gasteiger partial charge in [-0.3, -0.25) is 0 Å². The molecule has 2 rings (SSSR count). The van der Waals surface area contributed by atoms with E-state index in [1.54, 1.807) is 0 Å². The van der Waals surface area contributed by atoms with E-state index in [0.29, 0.717) is 6.04 Å². The van der Waals surface area contributed by atoms with Crippen LogP contribution in [0.3, 0.4) is 0 Å². The lowest BCUT2D eigenvalue weighted by Gasteiger charge is -2.17. The second-order valence-corrected chi connectivity index (χ2v) is 6.17. The van der Waals surface area contributed by atoms with Crippen molar-refractivity contribution in [3.8, 4) is 5.75 Å². The van der Waals surface area contributed by atoms with Gasteiger partial charge in [0.1, 0.15) is 5.75 Å². The second kappa shape index (κ2) is 7.46. The number of aryl methyl sites for hydroxylation is 2. The summed E-state index contributed by atoms with van der Waals surface area (Å²) in [6.45, 7) is 8.09. The molecule has 1 atom stereocenters. The van der Waals surface area contributed by atoms with E-state index in [4.69, 9.17) is 4.74 Å². The van der Waals surface area contributed by atoms with Crippen molar-refractivity contribution in [3.05, 3.63) is 51.7 Å². The number of rotatable bonds is 7.